The van der Waals surface area contributed by atoms with Gasteiger partial charge >= 0.3 is 0 Å². The second-order valence-electron chi connectivity index (χ2n) is 3.73. The number of aryl methyl sites for hydroxylation is 1. The molecule has 1 aromatic carbocycles. The van der Waals surface area contributed by atoms with Crippen LogP contribution in [0.5, 0.6) is 5.75 Å². The molecule has 0 amide bonds. The predicted octanol–water partition coefficient (Wildman–Crippen LogP) is 1.99. The highest BCUT2D eigenvalue weighted by Gasteiger charge is 1.97. The highest BCUT2D eigenvalue weighted by Crippen LogP contribution is 2.15. The molecule has 1 aromatic rings. The fourth-order valence-corrected chi connectivity index (χ4v) is 1.54. The summed E-state index contributed by atoms with van der Waals surface area (Å²) in [6, 6.07) is 8.20. The predicted molar refractivity (Wildman–Crippen MR) is 65.8 cm³/mol. The van der Waals surface area contributed by atoms with E-state index < -0.39 is 0 Å². The van der Waals surface area contributed by atoms with Crippen molar-refractivity contribution in [3.05, 3.63) is 29.8 Å². The lowest BCUT2D eigenvalue weighted by atomic mass is 10.1. The van der Waals surface area contributed by atoms with Crippen LogP contribution in [0, 0.1) is 0 Å². The van der Waals surface area contributed by atoms with Gasteiger partial charge < -0.3 is 15.2 Å². The summed E-state index contributed by atoms with van der Waals surface area (Å²) in [6.45, 7) is 1.97. The molecule has 3 heteroatoms. The van der Waals surface area contributed by atoms with Crippen LogP contribution >= 0.6 is 0 Å². The van der Waals surface area contributed by atoms with E-state index in [2.05, 4.69) is 12.1 Å². The fraction of sp³-hybridized carbons (Fsp3) is 0.538. The van der Waals surface area contributed by atoms with E-state index in [1.807, 2.05) is 12.1 Å². The molecule has 0 unspecified atom stereocenters. The average Bonchev–Trinajstić information content (AvgIpc) is 2.33. The summed E-state index contributed by atoms with van der Waals surface area (Å²) in [7, 11) is 1.74. The maximum absolute atomic E-state index is 5.47. The molecule has 0 aliphatic rings. The zero-order valence-electron chi connectivity index (χ0n) is 9.95. The Bertz CT molecular complexity index is 289. The van der Waals surface area contributed by atoms with Crippen LogP contribution in [0.2, 0.25) is 0 Å². The van der Waals surface area contributed by atoms with Crippen LogP contribution in [0.25, 0.3) is 0 Å². The third-order valence-corrected chi connectivity index (χ3v) is 2.35. The number of benzene rings is 1. The van der Waals surface area contributed by atoms with Crippen LogP contribution in [0.15, 0.2) is 24.3 Å². The molecule has 0 atom stereocenters. The Morgan fingerprint density at radius 1 is 1.19 bits per heavy atom. The quantitative estimate of drug-likeness (QED) is 0.685. The molecule has 0 saturated carbocycles. The Kier molecular flexibility index (Phi) is 6.61. The number of nitrogens with two attached hydrogens (primary N) is 1. The molecule has 0 radical (unpaired) electrons. The third kappa shape index (κ3) is 5.14. The molecule has 0 bridgehead atoms. The molecule has 0 aromatic heterocycles. The molecule has 0 heterocycles. The number of methoxy groups -OCH3 is 1. The highest BCUT2D eigenvalue weighted by molar-refractivity contribution is 5.28. The molecule has 0 aliphatic heterocycles. The van der Waals surface area contributed by atoms with Crippen LogP contribution in [-0.2, 0) is 11.2 Å². The topological polar surface area (TPSA) is 44.5 Å². The van der Waals surface area contributed by atoms with E-state index >= 15 is 0 Å². The first kappa shape index (κ1) is 13.0. The zero-order valence-corrected chi connectivity index (χ0v) is 9.95. The number of hydrogen-bond donors (Lipinski definition) is 1. The standard InChI is InChI=1S/C13H21NO2/c1-15-9-3-2-5-12-6-4-7-13(11-12)16-10-8-14/h4,6-7,11H,2-3,5,8-10,14H2,1H3. The molecule has 16 heavy (non-hydrogen) atoms. The van der Waals surface area contributed by atoms with Crippen molar-refractivity contribution in [1.82, 2.24) is 0 Å². The van der Waals surface area contributed by atoms with Crippen LogP contribution in [-0.4, -0.2) is 26.9 Å². The normalized spacial score (nSPS) is 10.4. The van der Waals surface area contributed by atoms with Gasteiger partial charge in [-0.3, -0.25) is 0 Å². The molecule has 0 saturated heterocycles. The van der Waals surface area contributed by atoms with Crippen LogP contribution in [0.4, 0.5) is 0 Å². The Morgan fingerprint density at radius 2 is 2.06 bits per heavy atom. The number of hydrogen-bond acceptors (Lipinski definition) is 3. The van der Waals surface area contributed by atoms with Crippen molar-refractivity contribution in [3.63, 3.8) is 0 Å². The molecule has 90 valence electrons. The van der Waals surface area contributed by atoms with Gasteiger partial charge in [-0.05, 0) is 37.0 Å². The van der Waals surface area contributed by atoms with Gasteiger partial charge in [0.25, 0.3) is 0 Å². The van der Waals surface area contributed by atoms with E-state index in [4.69, 9.17) is 15.2 Å². The van der Waals surface area contributed by atoms with E-state index in [0.29, 0.717) is 13.2 Å². The Balaban J connectivity index is 2.35. The lowest BCUT2D eigenvalue weighted by Gasteiger charge is -2.06. The van der Waals surface area contributed by atoms with Crippen molar-refractivity contribution < 1.29 is 9.47 Å². The first-order valence-corrected chi connectivity index (χ1v) is 5.77. The maximum atomic E-state index is 5.47. The van der Waals surface area contributed by atoms with Crippen LogP contribution in [0.3, 0.4) is 0 Å². The molecular formula is C13H21NO2. The zero-order chi connectivity index (χ0) is 11.6. The SMILES string of the molecule is COCCCCc1cccc(OCCN)c1. The van der Waals surface area contributed by atoms with Gasteiger partial charge in [0, 0.05) is 20.3 Å². The number of rotatable bonds is 8. The van der Waals surface area contributed by atoms with E-state index in [0.717, 1.165) is 31.6 Å². The molecule has 0 spiro atoms. The van der Waals surface area contributed by atoms with Crippen molar-refractivity contribution in [2.24, 2.45) is 5.73 Å². The molecule has 3 nitrogen and oxygen atoms in total. The van der Waals surface area contributed by atoms with Gasteiger partial charge in [0.15, 0.2) is 0 Å². The third-order valence-electron chi connectivity index (χ3n) is 2.35. The number of unbranched alkanes of at least 4 members (excludes halogenated alkanes) is 1. The monoisotopic (exact) mass is 223 g/mol. The summed E-state index contributed by atoms with van der Waals surface area (Å²) in [5.41, 5.74) is 6.70. The van der Waals surface area contributed by atoms with E-state index in [9.17, 15) is 0 Å². The lowest BCUT2D eigenvalue weighted by molar-refractivity contribution is 0.193. The van der Waals surface area contributed by atoms with Crippen molar-refractivity contribution in [2.75, 3.05) is 26.9 Å². The van der Waals surface area contributed by atoms with Gasteiger partial charge in [-0.1, -0.05) is 12.1 Å². The van der Waals surface area contributed by atoms with Gasteiger partial charge in [0.2, 0.25) is 0 Å². The van der Waals surface area contributed by atoms with Crippen LogP contribution in [0.1, 0.15) is 18.4 Å². The molecule has 2 N–H and O–H groups in total. The van der Waals surface area contributed by atoms with Gasteiger partial charge in [0.1, 0.15) is 12.4 Å². The average molecular weight is 223 g/mol. The van der Waals surface area contributed by atoms with Crippen LogP contribution < -0.4 is 10.5 Å². The molecule has 1 rings (SSSR count). The summed E-state index contributed by atoms with van der Waals surface area (Å²) in [5.74, 6) is 0.912. The number of ether oxygens (including phenoxy) is 2. The summed E-state index contributed by atoms with van der Waals surface area (Å²) < 4.78 is 10.5. The van der Waals surface area contributed by atoms with Crippen molar-refractivity contribution in [2.45, 2.75) is 19.3 Å². The summed E-state index contributed by atoms with van der Waals surface area (Å²) in [6.07, 6.45) is 3.32. The molecule has 0 aliphatic carbocycles. The van der Waals surface area contributed by atoms with Gasteiger partial charge in [-0.15, -0.1) is 0 Å². The smallest absolute Gasteiger partial charge is 0.119 e. The lowest BCUT2D eigenvalue weighted by Crippen LogP contribution is -2.10. The van der Waals surface area contributed by atoms with Gasteiger partial charge in [-0.25, -0.2) is 0 Å². The Hall–Kier alpha value is -1.06. The summed E-state index contributed by atoms with van der Waals surface area (Å²) >= 11 is 0. The van der Waals surface area contributed by atoms with Crippen molar-refractivity contribution >= 4 is 0 Å². The van der Waals surface area contributed by atoms with E-state index in [-0.39, 0.29) is 0 Å². The van der Waals surface area contributed by atoms with Gasteiger partial charge in [0.05, 0.1) is 0 Å². The minimum absolute atomic E-state index is 0.554. The minimum Gasteiger partial charge on any atom is -0.492 e. The second-order valence-corrected chi connectivity index (χ2v) is 3.73. The Labute approximate surface area is 97.6 Å². The van der Waals surface area contributed by atoms with Crippen molar-refractivity contribution in [1.29, 1.82) is 0 Å². The Morgan fingerprint density at radius 3 is 2.81 bits per heavy atom. The molecule has 0 fully saturated rings. The van der Waals surface area contributed by atoms with E-state index in [1.165, 1.54) is 5.56 Å². The molecular weight excluding hydrogens is 202 g/mol. The first-order chi connectivity index (χ1) is 7.86. The minimum atomic E-state index is 0.554. The largest absolute Gasteiger partial charge is 0.492 e. The summed E-state index contributed by atoms with van der Waals surface area (Å²) in [4.78, 5) is 0. The maximum Gasteiger partial charge on any atom is 0.119 e. The second kappa shape index (κ2) is 8.13. The first-order valence-electron chi connectivity index (χ1n) is 5.77. The summed E-state index contributed by atoms with van der Waals surface area (Å²) in [5, 5.41) is 0. The van der Waals surface area contributed by atoms with Crippen molar-refractivity contribution in [3.8, 4) is 5.75 Å². The van der Waals surface area contributed by atoms with Gasteiger partial charge in [-0.2, -0.15) is 0 Å². The highest BCUT2D eigenvalue weighted by atomic mass is 16.5. The van der Waals surface area contributed by atoms with E-state index in [1.54, 1.807) is 7.11 Å². The fourth-order valence-electron chi connectivity index (χ4n) is 1.54.